The van der Waals surface area contributed by atoms with Gasteiger partial charge < -0.3 is 10.2 Å². The van der Waals surface area contributed by atoms with E-state index in [1.165, 1.54) is 16.0 Å². The van der Waals surface area contributed by atoms with Gasteiger partial charge in [-0.25, -0.2) is 4.98 Å². The zero-order valence-electron chi connectivity index (χ0n) is 21.9. The predicted octanol–water partition coefficient (Wildman–Crippen LogP) is 6.57. The van der Waals surface area contributed by atoms with Gasteiger partial charge in [0.2, 0.25) is 11.8 Å². The van der Waals surface area contributed by atoms with Gasteiger partial charge in [-0.3, -0.25) is 14.5 Å². The Kier molecular flexibility index (Phi) is 6.67. The number of benzene rings is 3. The molecule has 40 heavy (non-hydrogen) atoms. The average molecular weight is 565 g/mol. The minimum absolute atomic E-state index is 0.0141. The lowest BCUT2D eigenvalue weighted by Crippen LogP contribution is -2.29. The number of para-hydroxylation sites is 2. The van der Waals surface area contributed by atoms with Gasteiger partial charge in [-0.05, 0) is 41.8 Å². The highest BCUT2D eigenvalue weighted by Crippen LogP contribution is 2.46. The van der Waals surface area contributed by atoms with Crippen LogP contribution >= 0.6 is 22.7 Å². The number of aromatic nitrogens is 1. The Balaban J connectivity index is 1.18. The minimum Gasteiger partial charge on any atom is -0.317 e. The number of thiophene rings is 1. The molecule has 1 fully saturated rings. The van der Waals surface area contributed by atoms with Crippen molar-refractivity contribution < 1.29 is 9.59 Å². The molecule has 1 saturated heterocycles. The van der Waals surface area contributed by atoms with E-state index in [4.69, 9.17) is 4.98 Å². The molecule has 0 bridgehead atoms. The van der Waals surface area contributed by atoms with Crippen molar-refractivity contribution in [3.8, 4) is 10.6 Å². The van der Waals surface area contributed by atoms with Crippen LogP contribution in [0.15, 0.2) is 84.9 Å². The van der Waals surface area contributed by atoms with Crippen LogP contribution in [0.25, 0.3) is 20.8 Å². The number of hydrogen-bond acceptors (Lipinski definition) is 6. The minimum atomic E-state index is -0.398. The van der Waals surface area contributed by atoms with Crippen molar-refractivity contribution in [3.63, 3.8) is 0 Å². The zero-order chi connectivity index (χ0) is 27.1. The van der Waals surface area contributed by atoms with Gasteiger partial charge in [0, 0.05) is 48.7 Å². The number of hydrogen-bond donors (Lipinski definition) is 1. The van der Waals surface area contributed by atoms with Crippen molar-refractivity contribution in [1.82, 2.24) is 9.88 Å². The Morgan fingerprint density at radius 3 is 2.50 bits per heavy atom. The molecule has 1 atom stereocenters. The number of nitrogens with zero attached hydrogens (tertiary/aromatic N) is 3. The van der Waals surface area contributed by atoms with E-state index in [-0.39, 0.29) is 18.2 Å². The number of amides is 2. The Labute approximate surface area is 240 Å². The van der Waals surface area contributed by atoms with Crippen LogP contribution in [0.2, 0.25) is 0 Å². The number of nitrogens with one attached hydrogen (secondary N) is 1. The van der Waals surface area contributed by atoms with E-state index in [9.17, 15) is 9.59 Å². The van der Waals surface area contributed by atoms with Gasteiger partial charge in [0.15, 0.2) is 0 Å². The molecule has 2 amide bonds. The van der Waals surface area contributed by atoms with Crippen molar-refractivity contribution in [3.05, 3.63) is 101 Å². The normalized spacial score (nSPS) is 17.4. The smallest absolute Gasteiger partial charge is 0.230 e. The first-order chi connectivity index (χ1) is 19.6. The van der Waals surface area contributed by atoms with E-state index in [0.717, 1.165) is 57.5 Å². The Bertz CT molecular complexity index is 1660. The van der Waals surface area contributed by atoms with Crippen LogP contribution in [0, 0.1) is 5.92 Å². The Hall–Kier alpha value is -3.85. The topological polar surface area (TPSA) is 65.5 Å². The molecule has 0 saturated carbocycles. The van der Waals surface area contributed by atoms with Crippen LogP contribution in [-0.2, 0) is 29.1 Å². The van der Waals surface area contributed by atoms with Gasteiger partial charge in [-0.15, -0.1) is 22.7 Å². The summed E-state index contributed by atoms with van der Waals surface area (Å²) < 4.78 is 1.14. The van der Waals surface area contributed by atoms with E-state index in [0.29, 0.717) is 6.54 Å². The van der Waals surface area contributed by atoms with E-state index >= 15 is 0 Å². The summed E-state index contributed by atoms with van der Waals surface area (Å²) >= 11 is 3.33. The lowest BCUT2D eigenvalue weighted by Gasteiger charge is -2.27. The van der Waals surface area contributed by atoms with Crippen LogP contribution in [-0.4, -0.2) is 34.8 Å². The van der Waals surface area contributed by atoms with Crippen LogP contribution < -0.4 is 10.2 Å². The molecule has 0 spiro atoms. The van der Waals surface area contributed by atoms with Gasteiger partial charge in [-0.1, -0.05) is 60.7 Å². The van der Waals surface area contributed by atoms with Gasteiger partial charge in [0.1, 0.15) is 10.0 Å². The summed E-state index contributed by atoms with van der Waals surface area (Å²) in [5.41, 5.74) is 5.45. The second-order valence-corrected chi connectivity index (χ2v) is 12.5. The molecule has 0 aliphatic carbocycles. The number of carbonyl (C=O) groups is 2. The number of carbonyl (C=O) groups excluding carboxylic acids is 2. The quantitative estimate of drug-likeness (QED) is 0.253. The molecule has 2 aliphatic heterocycles. The van der Waals surface area contributed by atoms with E-state index in [1.807, 2.05) is 54.6 Å². The fraction of sp³-hybridized carbons (Fsp3) is 0.219. The molecule has 2 aliphatic rings. The second kappa shape index (κ2) is 10.6. The number of thiazole rings is 1. The van der Waals surface area contributed by atoms with Crippen molar-refractivity contribution in [2.75, 3.05) is 23.3 Å². The lowest BCUT2D eigenvalue weighted by molar-refractivity contribution is -0.122. The van der Waals surface area contributed by atoms with E-state index in [2.05, 4.69) is 40.5 Å². The molecule has 4 heterocycles. The van der Waals surface area contributed by atoms with Gasteiger partial charge in [0.05, 0.1) is 16.1 Å². The summed E-state index contributed by atoms with van der Waals surface area (Å²) in [4.78, 5) is 36.9. The maximum Gasteiger partial charge on any atom is 0.230 e. The third-order valence-corrected chi connectivity index (χ3v) is 9.88. The summed E-state index contributed by atoms with van der Waals surface area (Å²) in [7, 11) is 0. The summed E-state index contributed by atoms with van der Waals surface area (Å²) in [6.45, 7) is 3.08. The molecule has 7 rings (SSSR count). The third kappa shape index (κ3) is 4.83. The Morgan fingerprint density at radius 1 is 0.950 bits per heavy atom. The van der Waals surface area contributed by atoms with Crippen molar-refractivity contribution in [2.45, 2.75) is 25.9 Å². The largest absolute Gasteiger partial charge is 0.317 e. The van der Waals surface area contributed by atoms with Crippen LogP contribution in [0.5, 0.6) is 0 Å². The Morgan fingerprint density at radius 2 is 1.70 bits per heavy atom. The summed E-state index contributed by atoms with van der Waals surface area (Å²) in [5, 5.41) is 5.05. The highest BCUT2D eigenvalue weighted by atomic mass is 32.1. The maximum atomic E-state index is 13.6. The predicted molar refractivity (Wildman–Crippen MR) is 163 cm³/mol. The van der Waals surface area contributed by atoms with Crippen molar-refractivity contribution >= 4 is 55.4 Å². The highest BCUT2D eigenvalue weighted by Gasteiger charge is 2.36. The summed E-state index contributed by atoms with van der Waals surface area (Å²) in [6, 6.07) is 28.3. The first-order valence-corrected chi connectivity index (χ1v) is 15.2. The molecule has 200 valence electrons. The van der Waals surface area contributed by atoms with E-state index in [1.54, 1.807) is 27.6 Å². The molecule has 1 unspecified atom stereocenters. The molecule has 0 radical (unpaired) electrons. The second-order valence-electron chi connectivity index (χ2n) is 10.4. The molecule has 8 heteroatoms. The number of anilines is 2. The highest BCUT2D eigenvalue weighted by molar-refractivity contribution is 7.23. The molecule has 6 nitrogen and oxygen atoms in total. The van der Waals surface area contributed by atoms with Gasteiger partial charge in [-0.2, -0.15) is 0 Å². The van der Waals surface area contributed by atoms with Crippen molar-refractivity contribution in [1.29, 1.82) is 0 Å². The maximum absolute atomic E-state index is 13.6. The van der Waals surface area contributed by atoms with Crippen molar-refractivity contribution in [2.24, 2.45) is 5.92 Å². The first kappa shape index (κ1) is 25.1. The van der Waals surface area contributed by atoms with Crippen LogP contribution in [0.1, 0.15) is 22.4 Å². The summed E-state index contributed by atoms with van der Waals surface area (Å²) in [5.74, 6) is -0.515. The van der Waals surface area contributed by atoms with Gasteiger partial charge >= 0.3 is 0 Å². The standard InChI is InChI=1S/C32H28N4O2S2/c37-28-17-22(19-36(28)23-11-5-2-6-12-23)30(38)34-32-29(31-33-25-13-7-8-14-26(25)39-31)24-15-16-35(20-27(24)40-32)18-21-9-3-1-4-10-21/h1-14,22H,15-20H2,(H,34,38). The first-order valence-electron chi connectivity index (χ1n) is 13.6. The molecule has 1 N–H and O–H groups in total. The van der Waals surface area contributed by atoms with E-state index < -0.39 is 5.92 Å². The molecular formula is C32H28N4O2S2. The van der Waals surface area contributed by atoms with Gasteiger partial charge in [0.25, 0.3) is 0 Å². The monoisotopic (exact) mass is 564 g/mol. The molecule has 2 aromatic heterocycles. The fourth-order valence-electron chi connectivity index (χ4n) is 5.68. The molecule has 5 aromatic rings. The number of rotatable bonds is 6. The molecule has 3 aromatic carbocycles. The van der Waals surface area contributed by atoms with Crippen LogP contribution in [0.3, 0.4) is 0 Å². The summed E-state index contributed by atoms with van der Waals surface area (Å²) in [6.07, 6.45) is 1.12. The zero-order valence-corrected chi connectivity index (χ0v) is 23.5. The SMILES string of the molecule is O=C(Nc1sc2c(c1-c1nc3ccccc3s1)CCN(Cc1ccccc1)C2)C1CC(=O)N(c2ccccc2)C1. The third-order valence-electron chi connectivity index (χ3n) is 7.69. The molecular weight excluding hydrogens is 537 g/mol. The average Bonchev–Trinajstić information content (AvgIpc) is 3.68. The van der Waals surface area contributed by atoms with Crippen LogP contribution in [0.4, 0.5) is 10.7 Å². The number of fused-ring (bicyclic) bond motifs is 2. The fourth-order valence-corrected chi connectivity index (χ4v) is 8.08. The lowest BCUT2D eigenvalue weighted by atomic mass is 10.0.